The number of aliphatic imine (C=N–C) groups is 1. The molecular formula is C34H37F6N5O2. The largest absolute Gasteiger partial charge is 0.416 e. The number of benzene rings is 3. The minimum Gasteiger partial charge on any atom is -0.344 e. The Morgan fingerprint density at radius 2 is 1.36 bits per heavy atom. The molecule has 0 radical (unpaired) electrons. The minimum atomic E-state index is -4.96. The Kier molecular flexibility index (Phi) is 11.3. The normalized spacial score (nSPS) is 15.4. The van der Waals surface area contributed by atoms with Crippen LogP contribution in [0.5, 0.6) is 0 Å². The lowest BCUT2D eigenvalue weighted by atomic mass is 10.0. The number of hydrogen-bond donors (Lipinski definition) is 1. The molecule has 1 fully saturated rings. The van der Waals surface area contributed by atoms with Crippen molar-refractivity contribution in [2.24, 2.45) is 4.99 Å². The molecule has 0 bridgehead atoms. The standard InChI is InChI=1S/C34H37F6N5O2/c1-23(2)41-32(42-30(46)26-12-8-5-9-13-26)45-18-16-44(17-19-45)29(25-10-6-4-7-11-25)31(47)43(3)15-14-24-20-27(33(35,36)37)22-28(21-24)34(38,39)40/h4-13,20-23,29H,14-19H2,1-3H3,(H,41,42,46). The summed E-state index contributed by atoms with van der Waals surface area (Å²) in [7, 11) is 1.49. The number of guanidine groups is 1. The number of carbonyl (C=O) groups excluding carboxylic acids is 2. The lowest BCUT2D eigenvalue weighted by Gasteiger charge is -2.41. The number of nitrogens with zero attached hydrogens (tertiary/aromatic N) is 4. The zero-order valence-corrected chi connectivity index (χ0v) is 26.3. The van der Waals surface area contributed by atoms with Gasteiger partial charge in [0.1, 0.15) is 6.04 Å². The molecule has 7 nitrogen and oxygen atoms in total. The Hall–Kier alpha value is -4.39. The van der Waals surface area contributed by atoms with Crippen LogP contribution < -0.4 is 5.32 Å². The van der Waals surface area contributed by atoms with Crippen LogP contribution in [0, 0.1) is 0 Å². The summed E-state index contributed by atoms with van der Waals surface area (Å²) in [4.78, 5) is 36.7. The van der Waals surface area contributed by atoms with Crippen LogP contribution in [0.15, 0.2) is 83.9 Å². The molecule has 1 unspecified atom stereocenters. The molecule has 1 saturated heterocycles. The fourth-order valence-corrected chi connectivity index (χ4v) is 5.32. The van der Waals surface area contributed by atoms with Crippen molar-refractivity contribution in [1.82, 2.24) is 20.0 Å². The molecule has 3 aromatic carbocycles. The van der Waals surface area contributed by atoms with Crippen LogP contribution in [0.2, 0.25) is 0 Å². The zero-order chi connectivity index (χ0) is 34.4. The van der Waals surface area contributed by atoms with E-state index in [0.717, 1.165) is 0 Å². The summed E-state index contributed by atoms with van der Waals surface area (Å²) in [6, 6.07) is 18.4. The SMILES string of the molecule is CC(C)N=C(NC(=O)c1ccccc1)N1CCN(C(C(=O)N(C)CCc2cc(C(F)(F)F)cc(C(F)(F)F)c2)c2ccccc2)CC1. The monoisotopic (exact) mass is 661 g/mol. The predicted octanol–water partition coefficient (Wildman–Crippen LogP) is 6.28. The highest BCUT2D eigenvalue weighted by Crippen LogP contribution is 2.36. The number of amides is 2. The molecule has 3 aromatic rings. The van der Waals surface area contributed by atoms with E-state index in [4.69, 9.17) is 0 Å². The highest BCUT2D eigenvalue weighted by molar-refractivity contribution is 6.05. The number of alkyl halides is 6. The fourth-order valence-electron chi connectivity index (χ4n) is 5.32. The van der Waals surface area contributed by atoms with E-state index in [-0.39, 0.29) is 42.5 Å². The molecule has 4 rings (SSSR count). The average Bonchev–Trinajstić information content (AvgIpc) is 3.03. The Bertz CT molecular complexity index is 1500. The van der Waals surface area contributed by atoms with Gasteiger partial charge in [-0.3, -0.25) is 19.8 Å². The van der Waals surface area contributed by atoms with Crippen molar-refractivity contribution in [1.29, 1.82) is 0 Å². The molecule has 1 aliphatic rings. The first-order chi connectivity index (χ1) is 22.1. The summed E-state index contributed by atoms with van der Waals surface area (Å²) >= 11 is 0. The van der Waals surface area contributed by atoms with E-state index in [9.17, 15) is 35.9 Å². The highest BCUT2D eigenvalue weighted by Gasteiger charge is 2.37. The van der Waals surface area contributed by atoms with E-state index < -0.39 is 29.5 Å². The topological polar surface area (TPSA) is 68.2 Å². The number of halogens is 6. The van der Waals surface area contributed by atoms with Crippen molar-refractivity contribution >= 4 is 17.8 Å². The van der Waals surface area contributed by atoms with Gasteiger partial charge >= 0.3 is 12.4 Å². The van der Waals surface area contributed by atoms with E-state index in [2.05, 4.69) is 10.3 Å². The molecule has 1 N–H and O–H groups in total. The van der Waals surface area contributed by atoms with Crippen molar-refractivity contribution in [3.8, 4) is 0 Å². The first-order valence-corrected chi connectivity index (χ1v) is 15.1. The third-order valence-electron chi connectivity index (χ3n) is 7.73. The summed E-state index contributed by atoms with van der Waals surface area (Å²) in [6.45, 7) is 5.40. The number of hydrogen-bond acceptors (Lipinski definition) is 4. The van der Waals surface area contributed by atoms with Crippen molar-refractivity contribution in [2.75, 3.05) is 39.8 Å². The predicted molar refractivity (Wildman–Crippen MR) is 167 cm³/mol. The van der Waals surface area contributed by atoms with Crippen LogP contribution in [0.3, 0.4) is 0 Å². The van der Waals surface area contributed by atoms with Crippen molar-refractivity contribution in [3.63, 3.8) is 0 Å². The lowest BCUT2D eigenvalue weighted by Crippen LogP contribution is -2.56. The van der Waals surface area contributed by atoms with Gasteiger partial charge in [-0.2, -0.15) is 26.3 Å². The third kappa shape index (κ3) is 9.57. The van der Waals surface area contributed by atoms with Gasteiger partial charge in [0.15, 0.2) is 0 Å². The molecule has 252 valence electrons. The van der Waals surface area contributed by atoms with E-state index in [1.54, 1.807) is 48.5 Å². The maximum Gasteiger partial charge on any atom is 0.416 e. The van der Waals surface area contributed by atoms with Gasteiger partial charge in [0.25, 0.3) is 5.91 Å². The first kappa shape index (κ1) is 35.5. The van der Waals surface area contributed by atoms with Gasteiger partial charge in [-0.15, -0.1) is 0 Å². The minimum absolute atomic E-state index is 0.0911. The quantitative estimate of drug-likeness (QED) is 0.176. The van der Waals surface area contributed by atoms with Gasteiger partial charge < -0.3 is 9.80 Å². The second-order valence-corrected chi connectivity index (χ2v) is 11.6. The number of likely N-dealkylation sites (N-methyl/N-ethyl adjacent to an activating group) is 1. The Morgan fingerprint density at radius 1 is 0.830 bits per heavy atom. The van der Waals surface area contributed by atoms with Gasteiger partial charge in [0.05, 0.1) is 11.1 Å². The molecule has 0 aliphatic carbocycles. The molecule has 1 atom stereocenters. The second kappa shape index (κ2) is 15.0. The maximum absolute atomic E-state index is 13.9. The van der Waals surface area contributed by atoms with Gasteiger partial charge in [-0.25, -0.2) is 4.99 Å². The summed E-state index contributed by atoms with van der Waals surface area (Å²) in [5, 5.41) is 2.91. The van der Waals surface area contributed by atoms with Crippen molar-refractivity contribution < 1.29 is 35.9 Å². The van der Waals surface area contributed by atoms with Gasteiger partial charge in [0.2, 0.25) is 11.9 Å². The van der Waals surface area contributed by atoms with Crippen LogP contribution >= 0.6 is 0 Å². The van der Waals surface area contributed by atoms with Gasteiger partial charge in [-0.05, 0) is 61.7 Å². The lowest BCUT2D eigenvalue weighted by molar-refractivity contribution is -0.143. The van der Waals surface area contributed by atoms with Crippen LogP contribution in [-0.2, 0) is 23.6 Å². The number of nitrogens with one attached hydrogen (secondary N) is 1. The molecule has 1 aliphatic heterocycles. The highest BCUT2D eigenvalue weighted by atomic mass is 19.4. The van der Waals surface area contributed by atoms with E-state index >= 15 is 0 Å². The molecule has 1 heterocycles. The van der Waals surface area contributed by atoms with E-state index in [1.165, 1.54) is 11.9 Å². The molecule has 13 heteroatoms. The van der Waals surface area contributed by atoms with Crippen LogP contribution in [0.1, 0.15) is 52.5 Å². The Labute approximate surface area is 269 Å². The second-order valence-electron chi connectivity index (χ2n) is 11.6. The van der Waals surface area contributed by atoms with Gasteiger partial charge in [-0.1, -0.05) is 48.5 Å². The van der Waals surface area contributed by atoms with Crippen LogP contribution in [0.25, 0.3) is 0 Å². The van der Waals surface area contributed by atoms with Crippen molar-refractivity contribution in [3.05, 3.63) is 107 Å². The number of rotatable bonds is 8. The molecule has 47 heavy (non-hydrogen) atoms. The first-order valence-electron chi connectivity index (χ1n) is 15.1. The third-order valence-corrected chi connectivity index (χ3v) is 7.73. The van der Waals surface area contributed by atoms with Crippen molar-refractivity contribution in [2.45, 2.75) is 44.7 Å². The molecule has 0 saturated carbocycles. The molecule has 0 spiro atoms. The summed E-state index contributed by atoms with van der Waals surface area (Å²) in [5.41, 5.74) is -1.77. The summed E-state index contributed by atoms with van der Waals surface area (Å²) in [6.07, 6.45) is -10.1. The van der Waals surface area contributed by atoms with Gasteiger partial charge in [0, 0.05) is 51.4 Å². The van der Waals surface area contributed by atoms with E-state index in [1.807, 2.05) is 35.8 Å². The molecular weight excluding hydrogens is 624 g/mol. The average molecular weight is 662 g/mol. The van der Waals surface area contributed by atoms with E-state index in [0.29, 0.717) is 55.4 Å². The molecule has 0 aromatic heterocycles. The fraction of sp³-hybridized carbons (Fsp3) is 0.382. The Morgan fingerprint density at radius 3 is 1.87 bits per heavy atom. The maximum atomic E-state index is 13.9. The number of piperazine rings is 1. The number of carbonyl (C=O) groups is 2. The Balaban J connectivity index is 1.49. The summed E-state index contributed by atoms with van der Waals surface area (Å²) < 4.78 is 80.2. The molecule has 2 amide bonds. The van der Waals surface area contributed by atoms with Crippen LogP contribution in [-0.4, -0.2) is 78.3 Å². The smallest absolute Gasteiger partial charge is 0.344 e. The van der Waals surface area contributed by atoms with Crippen LogP contribution in [0.4, 0.5) is 26.3 Å². The zero-order valence-electron chi connectivity index (χ0n) is 26.3. The summed E-state index contributed by atoms with van der Waals surface area (Å²) in [5.74, 6) is -0.219.